The molecule has 110 valence electrons. The molecule has 3 rings (SSSR count). The largest absolute Gasteiger partial charge is 0.494 e. The Hall–Kier alpha value is -2.16. The molecule has 0 saturated heterocycles. The molecule has 0 aliphatic carbocycles. The Morgan fingerprint density at radius 3 is 2.91 bits per heavy atom. The molecule has 0 saturated carbocycles. The number of amides is 1. The van der Waals surface area contributed by atoms with Crippen LogP contribution in [0.4, 0.5) is 5.69 Å². The average molecular weight is 331 g/mol. The van der Waals surface area contributed by atoms with Crippen molar-refractivity contribution in [3.63, 3.8) is 0 Å². The number of hydrogen-bond acceptors (Lipinski definition) is 4. The van der Waals surface area contributed by atoms with Gasteiger partial charge in [-0.05, 0) is 24.3 Å². The maximum atomic E-state index is 12.7. The summed E-state index contributed by atoms with van der Waals surface area (Å²) < 4.78 is 5.10. The number of nitrogens with zero attached hydrogens (tertiary/aromatic N) is 2. The Kier molecular flexibility index (Phi) is 3.97. The number of carbonyl (C=O) groups is 1. The van der Waals surface area contributed by atoms with Gasteiger partial charge in [-0.3, -0.25) is 9.69 Å². The summed E-state index contributed by atoms with van der Waals surface area (Å²) in [7, 11) is 1.44. The van der Waals surface area contributed by atoms with E-state index in [0.29, 0.717) is 11.4 Å². The van der Waals surface area contributed by atoms with Gasteiger partial charge in [-0.25, -0.2) is 0 Å². The van der Waals surface area contributed by atoms with Crippen LogP contribution in [-0.2, 0) is 0 Å². The molecule has 0 fully saturated rings. The summed E-state index contributed by atoms with van der Waals surface area (Å²) in [6.07, 6.45) is 0. The first kappa shape index (κ1) is 14.8. The lowest BCUT2D eigenvalue weighted by Gasteiger charge is -2.17. The van der Waals surface area contributed by atoms with Crippen molar-refractivity contribution in [3.8, 4) is 11.8 Å². The van der Waals surface area contributed by atoms with Gasteiger partial charge in [0, 0.05) is 10.5 Å². The number of methoxy groups -OCH3 is 1. The maximum Gasteiger partial charge on any atom is 0.259 e. The van der Waals surface area contributed by atoms with E-state index in [4.69, 9.17) is 16.3 Å². The van der Waals surface area contributed by atoms with Gasteiger partial charge in [-0.2, -0.15) is 5.26 Å². The van der Waals surface area contributed by atoms with Crippen molar-refractivity contribution in [1.82, 2.24) is 0 Å². The highest BCUT2D eigenvalue weighted by Crippen LogP contribution is 2.39. The maximum absolute atomic E-state index is 12.7. The molecule has 2 aromatic rings. The van der Waals surface area contributed by atoms with E-state index in [-0.39, 0.29) is 22.2 Å². The zero-order valence-electron chi connectivity index (χ0n) is 11.7. The third kappa shape index (κ3) is 2.41. The number of nitriles is 1. The van der Waals surface area contributed by atoms with Crippen LogP contribution in [0, 0.1) is 11.3 Å². The third-order valence-electron chi connectivity index (χ3n) is 3.37. The summed E-state index contributed by atoms with van der Waals surface area (Å²) in [5, 5.41) is 9.44. The Morgan fingerprint density at radius 1 is 1.41 bits per heavy atom. The molecule has 0 bridgehead atoms. The fourth-order valence-corrected chi connectivity index (χ4v) is 3.66. The van der Waals surface area contributed by atoms with Crippen molar-refractivity contribution in [2.24, 2.45) is 0 Å². The highest BCUT2D eigenvalue weighted by Gasteiger charge is 2.27. The predicted molar refractivity (Wildman–Crippen MR) is 86.7 cm³/mol. The monoisotopic (exact) mass is 330 g/mol. The molecule has 6 heteroatoms. The van der Waals surface area contributed by atoms with Crippen LogP contribution >= 0.6 is 23.4 Å². The van der Waals surface area contributed by atoms with Crippen LogP contribution in [0.2, 0.25) is 5.02 Å². The van der Waals surface area contributed by atoms with Gasteiger partial charge in [-0.15, -0.1) is 11.8 Å². The van der Waals surface area contributed by atoms with Crippen LogP contribution in [0.5, 0.6) is 5.75 Å². The van der Waals surface area contributed by atoms with Gasteiger partial charge in [0.05, 0.1) is 29.3 Å². The van der Waals surface area contributed by atoms with Crippen molar-refractivity contribution < 1.29 is 9.53 Å². The second kappa shape index (κ2) is 5.91. The molecule has 1 amide bonds. The second-order valence-corrected chi connectivity index (χ2v) is 6.02. The van der Waals surface area contributed by atoms with Crippen molar-refractivity contribution in [2.45, 2.75) is 4.90 Å². The minimum absolute atomic E-state index is 0.182. The number of para-hydroxylation sites is 1. The Labute approximate surface area is 137 Å². The molecule has 0 N–H and O–H groups in total. The highest BCUT2D eigenvalue weighted by molar-refractivity contribution is 8.00. The van der Waals surface area contributed by atoms with E-state index < -0.39 is 0 Å². The van der Waals surface area contributed by atoms with Crippen LogP contribution in [0.3, 0.4) is 0 Å². The van der Waals surface area contributed by atoms with Crippen molar-refractivity contribution in [1.29, 1.82) is 5.26 Å². The van der Waals surface area contributed by atoms with Crippen LogP contribution in [0.25, 0.3) is 0 Å². The van der Waals surface area contributed by atoms with Gasteiger partial charge in [-0.1, -0.05) is 23.7 Å². The van der Waals surface area contributed by atoms with Gasteiger partial charge in [0.2, 0.25) is 0 Å². The smallest absolute Gasteiger partial charge is 0.259 e. The molecule has 1 aliphatic rings. The van der Waals surface area contributed by atoms with Crippen molar-refractivity contribution in [3.05, 3.63) is 52.5 Å². The molecule has 2 aromatic carbocycles. The zero-order valence-corrected chi connectivity index (χ0v) is 13.2. The summed E-state index contributed by atoms with van der Waals surface area (Å²) in [5.74, 6) is 0.652. The van der Waals surface area contributed by atoms with Crippen LogP contribution < -0.4 is 9.64 Å². The lowest BCUT2D eigenvalue weighted by Crippen LogP contribution is -2.27. The first-order valence-electron chi connectivity index (χ1n) is 6.47. The van der Waals surface area contributed by atoms with Crippen LogP contribution in [0.15, 0.2) is 41.3 Å². The van der Waals surface area contributed by atoms with Gasteiger partial charge in [0.15, 0.2) is 5.75 Å². The van der Waals surface area contributed by atoms with E-state index in [1.54, 1.807) is 16.7 Å². The van der Waals surface area contributed by atoms with Gasteiger partial charge >= 0.3 is 0 Å². The highest BCUT2D eigenvalue weighted by atomic mass is 35.5. The number of thioether (sulfide) groups is 1. The summed E-state index contributed by atoms with van der Waals surface area (Å²) in [4.78, 5) is 15.5. The topological polar surface area (TPSA) is 53.3 Å². The minimum atomic E-state index is -0.182. The van der Waals surface area contributed by atoms with Crippen LogP contribution in [-0.4, -0.2) is 18.9 Å². The fourth-order valence-electron chi connectivity index (χ4n) is 2.34. The first-order valence-corrected chi connectivity index (χ1v) is 7.83. The number of anilines is 1. The average Bonchev–Trinajstić information content (AvgIpc) is 2.97. The number of carbonyl (C=O) groups excluding carboxylic acids is 1. The summed E-state index contributed by atoms with van der Waals surface area (Å²) >= 11 is 7.72. The summed E-state index contributed by atoms with van der Waals surface area (Å²) in [5.41, 5.74) is 1.50. The van der Waals surface area contributed by atoms with E-state index in [2.05, 4.69) is 0 Å². The summed E-state index contributed by atoms with van der Waals surface area (Å²) in [6, 6.07) is 12.8. The molecule has 0 unspecified atom stereocenters. The molecule has 0 aromatic heterocycles. The molecule has 0 spiro atoms. The molecule has 4 nitrogen and oxygen atoms in total. The normalized spacial score (nSPS) is 12.7. The molecule has 22 heavy (non-hydrogen) atoms. The number of ether oxygens (including phenoxy) is 1. The lowest BCUT2D eigenvalue weighted by molar-refractivity contribution is 0.0992. The lowest BCUT2D eigenvalue weighted by atomic mass is 10.1. The quantitative estimate of drug-likeness (QED) is 0.837. The van der Waals surface area contributed by atoms with E-state index in [1.807, 2.05) is 30.3 Å². The van der Waals surface area contributed by atoms with Gasteiger partial charge < -0.3 is 4.74 Å². The van der Waals surface area contributed by atoms with Crippen molar-refractivity contribution in [2.75, 3.05) is 17.9 Å². The van der Waals surface area contributed by atoms with E-state index in [1.165, 1.54) is 19.2 Å². The number of fused-ring (bicyclic) bond motifs is 1. The third-order valence-corrected chi connectivity index (χ3v) is 4.69. The van der Waals surface area contributed by atoms with Gasteiger partial charge in [0.1, 0.15) is 6.07 Å². The molecule has 1 heterocycles. The van der Waals surface area contributed by atoms with Crippen LogP contribution in [0.1, 0.15) is 15.9 Å². The SMILES string of the molecule is COc1c(Cl)cc(C(=O)N2CSc3ccccc32)cc1C#N. The number of hydrogen-bond donors (Lipinski definition) is 0. The minimum Gasteiger partial charge on any atom is -0.494 e. The fraction of sp³-hybridized carbons (Fsp3) is 0.125. The number of benzene rings is 2. The van der Waals surface area contributed by atoms with E-state index in [0.717, 1.165) is 10.6 Å². The summed E-state index contributed by atoms with van der Waals surface area (Å²) in [6.45, 7) is 0. The first-order chi connectivity index (χ1) is 10.7. The van der Waals surface area contributed by atoms with Gasteiger partial charge in [0.25, 0.3) is 5.91 Å². The molecular weight excluding hydrogens is 320 g/mol. The zero-order chi connectivity index (χ0) is 15.7. The van der Waals surface area contributed by atoms with Crippen molar-refractivity contribution >= 4 is 35.0 Å². The Balaban J connectivity index is 2.01. The number of rotatable bonds is 2. The predicted octanol–water partition coefficient (Wildman–Crippen LogP) is 3.93. The molecule has 1 aliphatic heterocycles. The molecular formula is C16H11ClN2O2S. The standard InChI is InChI=1S/C16H11ClN2O2S/c1-21-15-11(8-18)6-10(7-12(15)17)16(20)19-9-22-14-5-3-2-4-13(14)19/h2-7H,9H2,1H3. The molecule has 0 atom stereocenters. The number of halogens is 1. The van der Waals surface area contributed by atoms with E-state index >= 15 is 0 Å². The van der Waals surface area contributed by atoms with E-state index in [9.17, 15) is 10.1 Å². The Bertz CT molecular complexity index is 801. The Morgan fingerprint density at radius 2 is 2.18 bits per heavy atom. The molecule has 0 radical (unpaired) electrons. The second-order valence-electron chi connectivity index (χ2n) is 4.63.